The Labute approximate surface area is 119 Å². The Morgan fingerprint density at radius 2 is 2.05 bits per heavy atom. The van der Waals surface area contributed by atoms with E-state index in [2.05, 4.69) is 10.9 Å². The SMILES string of the molecule is CC(CO)CC(=O)C(=O)C[N-]N[C@@H](C=O)CCCCN. The highest BCUT2D eigenvalue weighted by molar-refractivity contribution is 6.38. The lowest BCUT2D eigenvalue weighted by Crippen LogP contribution is -2.30. The maximum absolute atomic E-state index is 11.5. The molecule has 0 bridgehead atoms. The fourth-order valence-corrected chi connectivity index (χ4v) is 1.49. The first-order chi connectivity index (χ1) is 9.54. The number of Topliss-reactive ketones (excluding diaryl/α,β-unsaturated/α-hetero) is 2. The smallest absolute Gasteiger partial charge is 0.196 e. The van der Waals surface area contributed by atoms with Gasteiger partial charge in [-0.05, 0) is 25.3 Å². The number of carbonyl (C=O) groups is 3. The zero-order valence-electron chi connectivity index (χ0n) is 11.9. The second-order valence-corrected chi connectivity index (χ2v) is 4.81. The predicted molar refractivity (Wildman–Crippen MR) is 75.0 cm³/mol. The molecule has 0 radical (unpaired) electrons. The number of rotatable bonds is 13. The number of nitrogens with two attached hydrogens (primary N) is 1. The monoisotopic (exact) mass is 286 g/mol. The molecule has 0 spiro atoms. The van der Waals surface area contributed by atoms with Crippen molar-refractivity contribution in [1.29, 1.82) is 0 Å². The summed E-state index contributed by atoms with van der Waals surface area (Å²) in [6.07, 6.45) is 2.94. The molecule has 1 unspecified atom stereocenters. The normalized spacial score (nSPS) is 13.8. The molecule has 2 atom stereocenters. The number of aliphatic hydroxyl groups excluding tert-OH is 1. The average molecular weight is 286 g/mol. The Bertz CT molecular complexity index is 310. The van der Waals surface area contributed by atoms with Crippen molar-refractivity contribution in [3.8, 4) is 0 Å². The van der Waals surface area contributed by atoms with Crippen LogP contribution in [-0.4, -0.2) is 48.7 Å². The van der Waals surface area contributed by atoms with Crippen molar-refractivity contribution < 1.29 is 19.5 Å². The number of nitrogens with zero attached hydrogens (tertiary/aromatic N) is 1. The van der Waals surface area contributed by atoms with Gasteiger partial charge in [-0.1, -0.05) is 19.9 Å². The molecular formula is C13H24N3O4-. The highest BCUT2D eigenvalue weighted by Gasteiger charge is 2.13. The van der Waals surface area contributed by atoms with Crippen molar-refractivity contribution in [2.45, 2.75) is 38.6 Å². The van der Waals surface area contributed by atoms with E-state index in [-0.39, 0.29) is 25.5 Å². The van der Waals surface area contributed by atoms with E-state index in [4.69, 9.17) is 10.8 Å². The van der Waals surface area contributed by atoms with Crippen molar-refractivity contribution >= 4 is 17.9 Å². The lowest BCUT2D eigenvalue weighted by atomic mass is 10.0. The van der Waals surface area contributed by atoms with Crippen molar-refractivity contribution in [2.24, 2.45) is 11.7 Å². The van der Waals surface area contributed by atoms with Gasteiger partial charge < -0.3 is 26.5 Å². The third-order valence-electron chi connectivity index (χ3n) is 2.77. The maximum atomic E-state index is 11.5. The number of hydrogen-bond acceptors (Lipinski definition) is 6. The highest BCUT2D eigenvalue weighted by Crippen LogP contribution is 2.03. The van der Waals surface area contributed by atoms with Gasteiger partial charge in [0, 0.05) is 19.1 Å². The summed E-state index contributed by atoms with van der Waals surface area (Å²) in [6.45, 7) is 1.82. The zero-order valence-corrected chi connectivity index (χ0v) is 11.9. The molecule has 0 aliphatic rings. The summed E-state index contributed by atoms with van der Waals surface area (Å²) in [4.78, 5) is 33.7. The number of aliphatic hydroxyl groups is 1. The van der Waals surface area contributed by atoms with E-state index in [0.29, 0.717) is 13.0 Å². The van der Waals surface area contributed by atoms with Crippen LogP contribution in [0.5, 0.6) is 0 Å². The van der Waals surface area contributed by atoms with Crippen LogP contribution in [0.15, 0.2) is 0 Å². The Morgan fingerprint density at radius 1 is 1.35 bits per heavy atom. The maximum Gasteiger partial charge on any atom is 0.196 e. The highest BCUT2D eigenvalue weighted by atomic mass is 16.3. The van der Waals surface area contributed by atoms with Crippen LogP contribution >= 0.6 is 0 Å². The van der Waals surface area contributed by atoms with Gasteiger partial charge in [0.1, 0.15) is 6.29 Å². The third kappa shape index (κ3) is 8.87. The second-order valence-electron chi connectivity index (χ2n) is 4.81. The topological polar surface area (TPSA) is 124 Å². The number of hydrogen-bond donors (Lipinski definition) is 3. The number of aldehydes is 1. The van der Waals surface area contributed by atoms with Gasteiger partial charge in [-0.15, -0.1) is 0 Å². The van der Waals surface area contributed by atoms with Gasteiger partial charge in [0.05, 0.1) is 0 Å². The fourth-order valence-electron chi connectivity index (χ4n) is 1.49. The quantitative estimate of drug-likeness (QED) is 0.185. The minimum absolute atomic E-state index is 0.0124. The first-order valence-corrected chi connectivity index (χ1v) is 6.79. The summed E-state index contributed by atoms with van der Waals surface area (Å²) in [5.41, 5.74) is 11.7. The van der Waals surface area contributed by atoms with E-state index in [0.717, 1.165) is 19.1 Å². The Balaban J connectivity index is 3.87. The van der Waals surface area contributed by atoms with E-state index in [1.807, 2.05) is 0 Å². The van der Waals surface area contributed by atoms with Crippen molar-refractivity contribution in [2.75, 3.05) is 19.7 Å². The van der Waals surface area contributed by atoms with Crippen LogP contribution < -0.4 is 11.2 Å². The Morgan fingerprint density at radius 3 is 2.60 bits per heavy atom. The largest absolute Gasteiger partial charge is 0.590 e. The van der Waals surface area contributed by atoms with E-state index < -0.39 is 17.6 Å². The third-order valence-corrected chi connectivity index (χ3v) is 2.77. The molecule has 0 amide bonds. The molecule has 0 saturated heterocycles. The Hall–Kier alpha value is -1.15. The number of ketones is 2. The van der Waals surface area contributed by atoms with Crippen molar-refractivity contribution in [3.63, 3.8) is 0 Å². The van der Waals surface area contributed by atoms with E-state index in [1.54, 1.807) is 6.92 Å². The number of nitrogens with one attached hydrogen (secondary N) is 1. The van der Waals surface area contributed by atoms with Gasteiger partial charge in [-0.25, -0.2) is 0 Å². The molecule has 0 saturated carbocycles. The molecule has 0 aliphatic carbocycles. The molecule has 0 aromatic carbocycles. The van der Waals surface area contributed by atoms with Gasteiger partial charge in [0.15, 0.2) is 11.6 Å². The molecule has 4 N–H and O–H groups in total. The van der Waals surface area contributed by atoms with Crippen LogP contribution in [0.3, 0.4) is 0 Å². The number of carbonyl (C=O) groups excluding carboxylic acids is 3. The molecule has 0 rings (SSSR count). The molecule has 0 aromatic heterocycles. The van der Waals surface area contributed by atoms with Crippen LogP contribution in [0.1, 0.15) is 32.6 Å². The fraction of sp³-hybridized carbons (Fsp3) is 0.769. The van der Waals surface area contributed by atoms with Gasteiger partial charge >= 0.3 is 0 Å². The standard InChI is InChI=1S/C13H25N3O4/c1-10(8-17)6-12(19)13(20)7-15-16-11(9-18)4-2-3-5-14/h9-11,17H,2-8,14H2,1H3,(H2,15,16,19,20)/p-1/t10?,11-/m1/s1. The molecule has 7 nitrogen and oxygen atoms in total. The van der Waals surface area contributed by atoms with Gasteiger partial charge in [0.25, 0.3) is 0 Å². The lowest BCUT2D eigenvalue weighted by molar-refractivity contribution is -0.136. The van der Waals surface area contributed by atoms with Crippen LogP contribution in [0.2, 0.25) is 0 Å². The summed E-state index contributed by atoms with van der Waals surface area (Å²) < 4.78 is 0. The van der Waals surface area contributed by atoms with E-state index in [1.165, 1.54) is 0 Å². The zero-order chi connectivity index (χ0) is 15.4. The van der Waals surface area contributed by atoms with Crippen LogP contribution in [0.25, 0.3) is 5.43 Å². The summed E-state index contributed by atoms with van der Waals surface area (Å²) >= 11 is 0. The first-order valence-electron chi connectivity index (χ1n) is 6.79. The summed E-state index contributed by atoms with van der Waals surface area (Å²) in [6, 6.07) is -0.458. The van der Waals surface area contributed by atoms with E-state index >= 15 is 0 Å². The molecule has 7 heteroatoms. The van der Waals surface area contributed by atoms with Gasteiger partial charge in [0.2, 0.25) is 0 Å². The molecule has 20 heavy (non-hydrogen) atoms. The van der Waals surface area contributed by atoms with Crippen LogP contribution in [-0.2, 0) is 14.4 Å². The van der Waals surface area contributed by atoms with E-state index in [9.17, 15) is 14.4 Å². The minimum Gasteiger partial charge on any atom is -0.590 e. The predicted octanol–water partition coefficient (Wildman–Crippen LogP) is -0.282. The van der Waals surface area contributed by atoms with Gasteiger partial charge in [-0.3, -0.25) is 9.59 Å². The van der Waals surface area contributed by atoms with Crippen molar-refractivity contribution in [1.82, 2.24) is 5.43 Å². The van der Waals surface area contributed by atoms with Crippen LogP contribution in [0.4, 0.5) is 0 Å². The molecule has 0 fully saturated rings. The average Bonchev–Trinajstić information content (AvgIpc) is 2.45. The molecular weight excluding hydrogens is 262 g/mol. The van der Waals surface area contributed by atoms with Crippen LogP contribution in [0, 0.1) is 5.92 Å². The molecule has 0 aliphatic heterocycles. The molecule has 116 valence electrons. The second kappa shape index (κ2) is 11.7. The van der Waals surface area contributed by atoms with Gasteiger partial charge in [-0.2, -0.15) is 0 Å². The Kier molecular flexibility index (Phi) is 11.0. The first kappa shape index (κ1) is 18.9. The number of unbranched alkanes of at least 4 members (excludes halogenated alkanes) is 1. The minimum atomic E-state index is -0.621. The summed E-state index contributed by atoms with van der Waals surface area (Å²) in [7, 11) is 0. The molecule has 0 heterocycles. The van der Waals surface area contributed by atoms with Crippen molar-refractivity contribution in [3.05, 3.63) is 5.43 Å². The summed E-state index contributed by atoms with van der Waals surface area (Å²) in [5.74, 6) is -1.41. The lowest BCUT2D eigenvalue weighted by Gasteiger charge is -2.25. The molecule has 0 aromatic rings. The summed E-state index contributed by atoms with van der Waals surface area (Å²) in [5, 5.41) is 8.80.